The van der Waals surface area contributed by atoms with E-state index in [4.69, 9.17) is 5.11 Å². The van der Waals surface area contributed by atoms with Crippen molar-refractivity contribution in [3.8, 4) is 0 Å². The third-order valence-electron chi connectivity index (χ3n) is 0.175. The number of carboxylic acid groups (broad SMARTS) is 1. The second kappa shape index (κ2) is 9.71. The van der Waals surface area contributed by atoms with E-state index in [9.17, 15) is 4.79 Å². The van der Waals surface area contributed by atoms with Crippen LogP contribution in [-0.2, 0) is 4.79 Å². The summed E-state index contributed by atoms with van der Waals surface area (Å²) in [4.78, 5) is 9.25. The third-order valence-corrected chi connectivity index (χ3v) is 0.175. The summed E-state index contributed by atoms with van der Waals surface area (Å²) >= 11 is 0. The van der Waals surface area contributed by atoms with Gasteiger partial charge in [-0.1, -0.05) is 6.58 Å². The van der Waals surface area contributed by atoms with Gasteiger partial charge in [0.25, 0.3) is 0 Å². The molecule has 2 nitrogen and oxygen atoms in total. The maximum absolute atomic E-state index is 9.25. The fourth-order valence-corrected chi connectivity index (χ4v) is 0. The van der Waals surface area contributed by atoms with Gasteiger partial charge in [0, 0.05) is 6.08 Å². The van der Waals surface area contributed by atoms with Crippen molar-refractivity contribution in [2.24, 2.45) is 0 Å². The van der Waals surface area contributed by atoms with Gasteiger partial charge in [-0.15, -0.1) is 12.4 Å². The van der Waals surface area contributed by atoms with Gasteiger partial charge >= 0.3 is 35.5 Å². The molecule has 7 heavy (non-hydrogen) atoms. The molecule has 0 saturated carbocycles. The van der Waals surface area contributed by atoms with Crippen molar-refractivity contribution >= 4 is 47.9 Å². The van der Waals surface area contributed by atoms with Crippen molar-refractivity contribution in [3.05, 3.63) is 12.7 Å². The van der Waals surface area contributed by atoms with Crippen molar-refractivity contribution in [2.45, 2.75) is 0 Å². The molecule has 38 valence electrons. The number of carboxylic acids is 1. The van der Waals surface area contributed by atoms with Crippen molar-refractivity contribution < 1.29 is 9.90 Å². The van der Waals surface area contributed by atoms with Gasteiger partial charge < -0.3 is 5.11 Å². The Balaban J connectivity index is -0.0000000800. The summed E-state index contributed by atoms with van der Waals surface area (Å²) in [6.45, 7) is 2.96. The van der Waals surface area contributed by atoms with Crippen LogP contribution in [-0.4, -0.2) is 40.6 Å². The number of hydrogen-bond acceptors (Lipinski definition) is 1. The van der Waals surface area contributed by atoms with E-state index in [1.54, 1.807) is 0 Å². The first-order chi connectivity index (χ1) is 2.27. The Hall–Kier alpha value is 0.500. The molecule has 0 fully saturated rings. The Bertz CT molecular complexity index is 64.0. The zero-order valence-corrected chi connectivity index (χ0v) is 3.86. The average Bonchev–Trinajstić information content (AvgIpc) is 1.38. The van der Waals surface area contributed by atoms with E-state index in [-0.39, 0.29) is 42.0 Å². The Labute approximate surface area is 70.3 Å². The standard InChI is InChI=1S/C3H4O2.ClH.Na.H/c1-2-3(4)5;;;/h2H,1H2,(H,4,5);1H;;. The number of carbonyl (C=O) groups is 1. The van der Waals surface area contributed by atoms with E-state index in [2.05, 4.69) is 6.58 Å². The van der Waals surface area contributed by atoms with Crippen LogP contribution in [0.4, 0.5) is 0 Å². The van der Waals surface area contributed by atoms with E-state index in [0.717, 1.165) is 6.08 Å². The fraction of sp³-hybridized carbons (Fsp3) is 0. The van der Waals surface area contributed by atoms with Crippen molar-refractivity contribution in [1.82, 2.24) is 0 Å². The summed E-state index contributed by atoms with van der Waals surface area (Å²) in [5.74, 6) is -0.981. The zero-order chi connectivity index (χ0) is 4.28. The molecule has 0 atom stereocenters. The molecular weight excluding hydrogens is 126 g/mol. The molecule has 0 heterocycles. The monoisotopic (exact) mass is 132 g/mol. The summed E-state index contributed by atoms with van der Waals surface area (Å²) < 4.78 is 0. The van der Waals surface area contributed by atoms with E-state index in [1.807, 2.05) is 0 Å². The van der Waals surface area contributed by atoms with Gasteiger partial charge in [0.05, 0.1) is 0 Å². The van der Waals surface area contributed by atoms with Crippen molar-refractivity contribution in [2.75, 3.05) is 0 Å². The van der Waals surface area contributed by atoms with Crippen molar-refractivity contribution in [1.29, 1.82) is 0 Å². The molecule has 1 N–H and O–H groups in total. The van der Waals surface area contributed by atoms with Crippen LogP contribution in [0.5, 0.6) is 0 Å². The van der Waals surface area contributed by atoms with E-state index in [0.29, 0.717) is 0 Å². The van der Waals surface area contributed by atoms with Gasteiger partial charge in [0.1, 0.15) is 0 Å². The Morgan fingerprint density at radius 1 is 1.71 bits per heavy atom. The molecule has 0 rings (SSSR count). The summed E-state index contributed by atoms with van der Waals surface area (Å²) in [5.41, 5.74) is 0. The quantitative estimate of drug-likeness (QED) is 0.404. The Kier molecular flexibility index (Phi) is 21.7. The molecule has 0 bridgehead atoms. The van der Waals surface area contributed by atoms with Gasteiger partial charge in [-0.25, -0.2) is 4.79 Å². The number of halogens is 1. The molecule has 0 amide bonds. The number of rotatable bonds is 1. The molecule has 0 aliphatic rings. The predicted octanol–water partition coefficient (Wildman–Crippen LogP) is 0.0303. The van der Waals surface area contributed by atoms with Gasteiger partial charge in [-0.05, 0) is 0 Å². The minimum atomic E-state index is -0.981. The van der Waals surface area contributed by atoms with Crippen LogP contribution >= 0.6 is 12.4 Å². The van der Waals surface area contributed by atoms with Crippen LogP contribution in [0.1, 0.15) is 0 Å². The predicted molar refractivity (Wildman–Crippen MR) is 32.2 cm³/mol. The van der Waals surface area contributed by atoms with Crippen LogP contribution in [0.15, 0.2) is 12.7 Å². The first kappa shape index (κ1) is 15.6. The molecular formula is C3H6ClNaO2. The van der Waals surface area contributed by atoms with Crippen molar-refractivity contribution in [3.63, 3.8) is 0 Å². The molecule has 0 unspecified atom stereocenters. The number of aliphatic carboxylic acids is 1. The summed E-state index contributed by atoms with van der Waals surface area (Å²) in [7, 11) is 0. The summed E-state index contributed by atoms with van der Waals surface area (Å²) in [6, 6.07) is 0. The molecule has 0 aliphatic carbocycles. The van der Waals surface area contributed by atoms with Gasteiger partial charge in [-0.3, -0.25) is 0 Å². The first-order valence-electron chi connectivity index (χ1n) is 1.12. The maximum atomic E-state index is 9.25. The molecule has 0 saturated heterocycles. The normalized spacial score (nSPS) is 4.57. The minimum absolute atomic E-state index is 0. The topological polar surface area (TPSA) is 37.3 Å². The van der Waals surface area contributed by atoms with E-state index >= 15 is 0 Å². The van der Waals surface area contributed by atoms with Gasteiger partial charge in [0.15, 0.2) is 0 Å². The SMILES string of the molecule is C=CC(=O)O.Cl.[NaH]. The summed E-state index contributed by atoms with van der Waals surface area (Å²) in [5, 5.41) is 7.60. The Morgan fingerprint density at radius 3 is 1.86 bits per heavy atom. The summed E-state index contributed by atoms with van der Waals surface area (Å²) in [6.07, 6.45) is 0.833. The molecule has 0 spiro atoms. The van der Waals surface area contributed by atoms with Crippen LogP contribution in [0.25, 0.3) is 0 Å². The first-order valence-corrected chi connectivity index (χ1v) is 1.12. The van der Waals surface area contributed by atoms with Crippen LogP contribution in [0.2, 0.25) is 0 Å². The molecule has 0 radical (unpaired) electrons. The van der Waals surface area contributed by atoms with Gasteiger partial charge in [0.2, 0.25) is 0 Å². The third kappa shape index (κ3) is 21.1. The van der Waals surface area contributed by atoms with Crippen LogP contribution in [0.3, 0.4) is 0 Å². The van der Waals surface area contributed by atoms with E-state index in [1.165, 1.54) is 0 Å². The second-order valence-electron chi connectivity index (χ2n) is 0.542. The zero-order valence-electron chi connectivity index (χ0n) is 3.05. The number of hydrogen-bond donors (Lipinski definition) is 1. The fourth-order valence-electron chi connectivity index (χ4n) is 0. The van der Waals surface area contributed by atoms with E-state index < -0.39 is 5.97 Å². The molecule has 0 aliphatic heterocycles. The molecule has 0 aromatic carbocycles. The molecule has 0 aromatic heterocycles. The average molecular weight is 133 g/mol. The molecule has 4 heteroatoms. The molecule has 0 aromatic rings. The second-order valence-corrected chi connectivity index (χ2v) is 0.542. The van der Waals surface area contributed by atoms with Crippen LogP contribution in [0, 0.1) is 0 Å². The van der Waals surface area contributed by atoms with Crippen LogP contribution < -0.4 is 0 Å². The van der Waals surface area contributed by atoms with Gasteiger partial charge in [-0.2, -0.15) is 0 Å². The Morgan fingerprint density at radius 2 is 1.86 bits per heavy atom.